The van der Waals surface area contributed by atoms with E-state index in [2.05, 4.69) is 9.29 Å². The Morgan fingerprint density at radius 3 is 2.41 bits per heavy atom. The molecule has 37 heavy (non-hydrogen) atoms. The first kappa shape index (κ1) is 29.0. The van der Waals surface area contributed by atoms with Crippen LogP contribution in [-0.2, 0) is 38.7 Å². The molecule has 3 atom stereocenters. The first-order valence-electron chi connectivity index (χ1n) is 12.3. The van der Waals surface area contributed by atoms with Gasteiger partial charge in [-0.3, -0.25) is 0 Å². The number of aliphatic hydroxyl groups is 1. The lowest BCUT2D eigenvalue weighted by Gasteiger charge is -2.32. The van der Waals surface area contributed by atoms with Crippen LogP contribution in [0.4, 0.5) is 0 Å². The second-order valence-corrected chi connectivity index (χ2v) is 11.1. The summed E-state index contributed by atoms with van der Waals surface area (Å²) in [6, 6.07) is 16.6. The van der Waals surface area contributed by atoms with Gasteiger partial charge in [-0.05, 0) is 37.0 Å². The Labute approximate surface area is 229 Å². The molecule has 1 saturated carbocycles. The maximum Gasteiger partial charge on any atom is 0.343 e. The van der Waals surface area contributed by atoms with Crippen molar-refractivity contribution in [2.24, 2.45) is 13.0 Å². The van der Waals surface area contributed by atoms with Gasteiger partial charge in [0.2, 0.25) is 10.0 Å². The Bertz CT molecular complexity index is 1280. The quantitative estimate of drug-likeness (QED) is 0.190. The summed E-state index contributed by atoms with van der Waals surface area (Å²) in [6.45, 7) is 2.88. The zero-order valence-electron chi connectivity index (χ0n) is 21.1. The van der Waals surface area contributed by atoms with Crippen LogP contribution in [0.3, 0.4) is 0 Å². The first-order chi connectivity index (χ1) is 17.2. The minimum Gasteiger partial charge on any atom is -1.00 e. The zero-order valence-corrected chi connectivity index (χ0v) is 23.5. The molecule has 0 radical (unpaired) electrons. The van der Waals surface area contributed by atoms with E-state index in [4.69, 9.17) is 4.74 Å². The minimum absolute atomic E-state index is 0. The lowest BCUT2D eigenvalue weighted by molar-refractivity contribution is -0.677. The summed E-state index contributed by atoms with van der Waals surface area (Å²) in [5, 5.41) is 11.8. The number of benzene rings is 2. The van der Waals surface area contributed by atoms with E-state index in [1.807, 2.05) is 37.0 Å². The predicted molar refractivity (Wildman–Crippen MR) is 134 cm³/mol. The summed E-state index contributed by atoms with van der Waals surface area (Å²) < 4.78 is 38.0. The van der Waals surface area contributed by atoms with Gasteiger partial charge in [0.1, 0.15) is 12.4 Å². The Morgan fingerprint density at radius 1 is 1.14 bits per heavy atom. The number of ether oxygens (including phenoxy) is 1. The number of sulfonamides is 1. The second-order valence-electron chi connectivity index (χ2n) is 9.41. The van der Waals surface area contributed by atoms with Crippen LogP contribution in [0.1, 0.15) is 37.1 Å². The molecule has 200 valence electrons. The fraction of sp³-hybridized carbons (Fsp3) is 0.407. The van der Waals surface area contributed by atoms with Crippen LogP contribution >= 0.6 is 0 Å². The van der Waals surface area contributed by atoms with Crippen LogP contribution in [0, 0.1) is 12.8 Å². The molecule has 1 aliphatic rings. The molecule has 1 unspecified atom stereocenters. The highest BCUT2D eigenvalue weighted by Gasteiger charge is 2.50. The number of nitrogens with one attached hydrogen (secondary N) is 1. The molecule has 2 N–H and O–H groups in total. The van der Waals surface area contributed by atoms with Crippen LogP contribution in [0.5, 0.6) is 0 Å². The van der Waals surface area contributed by atoms with Crippen molar-refractivity contribution in [1.82, 2.24) is 9.29 Å². The number of nitrogens with zero attached hydrogens (tertiary/aromatic N) is 2. The van der Waals surface area contributed by atoms with Crippen molar-refractivity contribution >= 4 is 16.0 Å². The average Bonchev–Trinajstić information content (AvgIpc) is 3.48. The van der Waals surface area contributed by atoms with E-state index < -0.39 is 27.5 Å². The van der Waals surface area contributed by atoms with Crippen molar-refractivity contribution in [2.45, 2.75) is 55.7 Å². The van der Waals surface area contributed by atoms with Crippen LogP contribution in [0.2, 0.25) is 0 Å². The number of esters is 1. The second kappa shape index (κ2) is 12.3. The lowest BCUT2D eigenvalue weighted by atomic mass is 9.80. The number of imidazole rings is 1. The molecule has 0 bridgehead atoms. The predicted octanol–water partition coefficient (Wildman–Crippen LogP) is -0.407. The molecule has 4 rings (SSSR count). The van der Waals surface area contributed by atoms with Crippen molar-refractivity contribution in [3.63, 3.8) is 0 Å². The molecule has 1 aromatic heterocycles. The Balaban J connectivity index is 0.00000380. The molecule has 0 spiro atoms. The highest BCUT2D eigenvalue weighted by atomic mass is 79.9. The number of carbonyl (C=O) groups excluding carboxylic acids is 1. The van der Waals surface area contributed by atoms with E-state index in [0.29, 0.717) is 37.8 Å². The molecule has 3 aromatic rings. The molecule has 1 heterocycles. The van der Waals surface area contributed by atoms with Crippen LogP contribution in [-0.4, -0.2) is 36.7 Å². The van der Waals surface area contributed by atoms with E-state index in [-0.39, 0.29) is 34.5 Å². The van der Waals surface area contributed by atoms with Gasteiger partial charge in [-0.15, -0.1) is 0 Å². The molecule has 1 fully saturated rings. The Morgan fingerprint density at radius 2 is 1.78 bits per heavy atom. The van der Waals surface area contributed by atoms with Crippen LogP contribution < -0.4 is 26.3 Å². The van der Waals surface area contributed by atoms with Gasteiger partial charge < -0.3 is 26.8 Å². The number of carbonyl (C=O) groups is 1. The maximum atomic E-state index is 13.3. The van der Waals surface area contributed by atoms with Gasteiger partial charge in [0.15, 0.2) is 5.60 Å². The molecule has 0 aliphatic heterocycles. The molecular weight excluding hydrogens is 558 g/mol. The first-order valence-corrected chi connectivity index (χ1v) is 13.7. The summed E-state index contributed by atoms with van der Waals surface area (Å²) in [5.74, 6) is -0.0845. The Kier molecular flexibility index (Phi) is 9.68. The largest absolute Gasteiger partial charge is 1.00 e. The summed E-state index contributed by atoms with van der Waals surface area (Å²) in [6.07, 6.45) is 5.89. The smallest absolute Gasteiger partial charge is 0.343 e. The fourth-order valence-corrected chi connectivity index (χ4v) is 6.22. The number of hydrogen-bond donors (Lipinski definition) is 2. The standard InChI is InChI=1S/C27H34N3O5S.BrH/c1-21-29(2)17-18-30(21)16-9-19-35-26(31)27(32,22-10-5-3-6-11-22)23-14-15-24(20-23)28-36(33,34)25-12-7-4-8-13-25;/h3-8,10-13,17-18,23-24,28,32H,9,14-16,19-20H2,1-2H3;1H/q+1;/p-1/t23-,24?,27-;/m0./s1. The third-order valence-corrected chi connectivity index (χ3v) is 8.63. The monoisotopic (exact) mass is 591 g/mol. The SMILES string of the molecule is Cc1n(CCCOC(=O)[C@](O)(c2ccccc2)[C@H]2CCC(NS(=O)(=O)c3ccccc3)C2)cc[n+]1C.[Br-]. The number of hydrogen-bond acceptors (Lipinski definition) is 5. The van der Waals surface area contributed by atoms with Crippen LogP contribution in [0.25, 0.3) is 0 Å². The zero-order chi connectivity index (χ0) is 25.8. The molecule has 1 aliphatic carbocycles. The number of rotatable bonds is 10. The van der Waals surface area contributed by atoms with Gasteiger partial charge >= 0.3 is 5.97 Å². The van der Waals surface area contributed by atoms with Crippen molar-refractivity contribution in [3.8, 4) is 0 Å². The van der Waals surface area contributed by atoms with Crippen molar-refractivity contribution in [2.75, 3.05) is 6.61 Å². The topological polar surface area (TPSA) is 102 Å². The van der Waals surface area contributed by atoms with Crippen LogP contribution in [0.15, 0.2) is 78.0 Å². The fourth-order valence-electron chi connectivity index (χ4n) is 4.91. The van der Waals surface area contributed by atoms with Gasteiger partial charge in [0.25, 0.3) is 5.82 Å². The normalized spacial score (nSPS) is 19.1. The number of aromatic nitrogens is 2. The summed E-state index contributed by atoms with van der Waals surface area (Å²) in [5.41, 5.74) is -1.40. The highest BCUT2D eigenvalue weighted by Crippen LogP contribution is 2.42. The Hall–Kier alpha value is -2.53. The maximum absolute atomic E-state index is 13.3. The van der Waals surface area contributed by atoms with Gasteiger partial charge in [-0.25, -0.2) is 27.1 Å². The minimum atomic E-state index is -3.70. The molecule has 0 amide bonds. The summed E-state index contributed by atoms with van der Waals surface area (Å²) in [7, 11) is -1.72. The van der Waals surface area contributed by atoms with Crippen molar-refractivity contribution in [1.29, 1.82) is 0 Å². The molecular formula is C27H34BrN3O5S. The van der Waals surface area contributed by atoms with Gasteiger partial charge in [0.05, 0.1) is 25.1 Å². The third-order valence-electron chi connectivity index (χ3n) is 7.10. The molecule has 2 aromatic carbocycles. The van der Waals surface area contributed by atoms with E-state index >= 15 is 0 Å². The van der Waals surface area contributed by atoms with E-state index in [1.165, 1.54) is 0 Å². The van der Waals surface area contributed by atoms with Gasteiger partial charge in [-0.2, -0.15) is 0 Å². The summed E-state index contributed by atoms with van der Waals surface area (Å²) in [4.78, 5) is 13.5. The van der Waals surface area contributed by atoms with E-state index in [9.17, 15) is 18.3 Å². The molecule has 10 heteroatoms. The van der Waals surface area contributed by atoms with E-state index in [0.717, 1.165) is 5.82 Å². The van der Waals surface area contributed by atoms with Gasteiger partial charge in [-0.1, -0.05) is 48.5 Å². The third kappa shape index (κ3) is 6.49. The van der Waals surface area contributed by atoms with E-state index in [1.54, 1.807) is 54.6 Å². The highest BCUT2D eigenvalue weighted by molar-refractivity contribution is 7.89. The van der Waals surface area contributed by atoms with Gasteiger partial charge in [0, 0.05) is 25.3 Å². The van der Waals surface area contributed by atoms with Crippen molar-refractivity contribution in [3.05, 3.63) is 84.4 Å². The number of aryl methyl sites for hydroxylation is 2. The molecule has 8 nitrogen and oxygen atoms in total. The average molecular weight is 593 g/mol. The lowest BCUT2D eigenvalue weighted by Crippen LogP contribution is -3.00. The number of halogens is 1. The van der Waals surface area contributed by atoms with Crippen molar-refractivity contribution < 1.29 is 44.6 Å². The molecule has 0 saturated heterocycles. The summed E-state index contributed by atoms with van der Waals surface area (Å²) >= 11 is 0.